The van der Waals surface area contributed by atoms with Crippen LogP contribution in [0, 0.1) is 11.8 Å². The Morgan fingerprint density at radius 1 is 1.22 bits per heavy atom. The summed E-state index contributed by atoms with van der Waals surface area (Å²) < 4.78 is 57.6. The van der Waals surface area contributed by atoms with Gasteiger partial charge in [0, 0.05) is 12.6 Å². The first-order chi connectivity index (χ1) is 17.1. The highest BCUT2D eigenvalue weighted by Crippen LogP contribution is 2.66. The number of nitrogens with zero attached hydrogens (tertiary/aromatic N) is 1. The summed E-state index contributed by atoms with van der Waals surface area (Å²) >= 11 is 0. The van der Waals surface area contributed by atoms with Crippen molar-refractivity contribution in [3.63, 3.8) is 0 Å². The SMILES string of the molecule is CSSCO[C@@H]1C[C@H](CN(C=O)/C=C(/C#CCN)C(N)=O)O[C@@H]1COP(=O)(O)OP(=O)(O)OP(=O)(O)O. The van der Waals surface area contributed by atoms with Crippen LogP contribution in [0.1, 0.15) is 6.42 Å². The highest BCUT2D eigenvalue weighted by atomic mass is 33.1. The summed E-state index contributed by atoms with van der Waals surface area (Å²) in [6.07, 6.45) is 0.890. The van der Waals surface area contributed by atoms with Crippen molar-refractivity contribution in [2.24, 2.45) is 11.5 Å². The largest absolute Gasteiger partial charge is 0.490 e. The lowest BCUT2D eigenvalue weighted by Crippen LogP contribution is -2.30. The minimum Gasteiger partial charge on any atom is -0.368 e. The molecular formula is C15H26N3O14P3S2. The van der Waals surface area contributed by atoms with Crippen molar-refractivity contribution in [1.82, 2.24) is 4.90 Å². The van der Waals surface area contributed by atoms with Crippen molar-refractivity contribution in [3.8, 4) is 11.8 Å². The molecule has 2 unspecified atom stereocenters. The van der Waals surface area contributed by atoms with Gasteiger partial charge in [0.05, 0.1) is 31.9 Å². The smallest absolute Gasteiger partial charge is 0.368 e. The molecule has 8 N–H and O–H groups in total. The zero-order valence-corrected chi connectivity index (χ0v) is 23.4. The Hall–Kier alpha value is -0.770. The maximum atomic E-state index is 12.0. The molecule has 1 heterocycles. The van der Waals surface area contributed by atoms with Gasteiger partial charge >= 0.3 is 23.5 Å². The molecule has 0 bridgehead atoms. The van der Waals surface area contributed by atoms with Crippen molar-refractivity contribution >= 4 is 57.4 Å². The Balaban J connectivity index is 2.93. The Morgan fingerprint density at radius 3 is 2.43 bits per heavy atom. The lowest BCUT2D eigenvalue weighted by Gasteiger charge is -2.21. The van der Waals surface area contributed by atoms with Crippen LogP contribution in [0.25, 0.3) is 0 Å². The topological polar surface area (TPSA) is 268 Å². The number of nitrogens with two attached hydrogens (primary N) is 2. The fourth-order valence-corrected chi connectivity index (χ4v) is 6.52. The van der Waals surface area contributed by atoms with Crippen LogP contribution in [0.15, 0.2) is 11.8 Å². The molecule has 0 aromatic heterocycles. The third-order valence-corrected chi connectivity index (χ3v) is 9.24. The van der Waals surface area contributed by atoms with E-state index in [0.717, 1.165) is 11.1 Å². The van der Waals surface area contributed by atoms with Crippen LogP contribution in [0.3, 0.4) is 0 Å². The number of rotatable bonds is 16. The molecule has 0 aromatic carbocycles. The van der Waals surface area contributed by atoms with Crippen molar-refractivity contribution in [3.05, 3.63) is 11.8 Å². The minimum atomic E-state index is -5.69. The van der Waals surface area contributed by atoms with E-state index in [9.17, 15) is 33.1 Å². The molecule has 212 valence electrons. The lowest BCUT2D eigenvalue weighted by molar-refractivity contribution is -0.117. The van der Waals surface area contributed by atoms with Gasteiger partial charge in [-0.1, -0.05) is 33.4 Å². The predicted octanol–water partition coefficient (Wildman–Crippen LogP) is -0.369. The summed E-state index contributed by atoms with van der Waals surface area (Å²) in [5.41, 5.74) is 10.3. The maximum absolute atomic E-state index is 12.0. The van der Waals surface area contributed by atoms with E-state index in [0.29, 0.717) is 6.41 Å². The standard InChI is InChI=1S/C15H26N3O14P3S2/c1-36-37-10-28-13-5-12(7-18(9-19)6-11(15(17)20)3-2-4-16)30-14(13)8-29-34(24,25)32-35(26,27)31-33(21,22)23/h6,9,12-14H,4-5,7-8,10,16H2,1H3,(H2,17,20)(H,24,25)(H,26,27)(H2,21,22,23)/b11-6-/t12-,13-,14-/m1/s1. The lowest BCUT2D eigenvalue weighted by atomic mass is 10.1. The van der Waals surface area contributed by atoms with Crippen LogP contribution in [-0.4, -0.2) is 87.0 Å². The molecule has 0 aromatic rings. The molecule has 0 aliphatic carbocycles. The summed E-state index contributed by atoms with van der Waals surface area (Å²) in [5.74, 6) is 4.15. The van der Waals surface area contributed by atoms with Gasteiger partial charge in [-0.3, -0.25) is 14.1 Å². The summed E-state index contributed by atoms with van der Waals surface area (Å²) in [4.78, 5) is 60.2. The summed E-state index contributed by atoms with van der Waals surface area (Å²) in [7, 11) is -13.9. The number of phosphoric ester groups is 1. The van der Waals surface area contributed by atoms with E-state index in [-0.39, 0.29) is 31.0 Å². The number of ether oxygens (including phenoxy) is 2. The number of hydrogen-bond donors (Lipinski definition) is 6. The molecular weight excluding hydrogens is 603 g/mol. The van der Waals surface area contributed by atoms with Crippen LogP contribution in [0.4, 0.5) is 0 Å². The molecule has 22 heteroatoms. The molecule has 1 saturated heterocycles. The van der Waals surface area contributed by atoms with E-state index < -0.39 is 54.3 Å². The average molecular weight is 629 g/mol. The summed E-state index contributed by atoms with van der Waals surface area (Å²) in [6.45, 7) is -0.909. The molecule has 2 amide bonds. The summed E-state index contributed by atoms with van der Waals surface area (Å²) in [5, 5.41) is 0. The fourth-order valence-electron chi connectivity index (χ4n) is 2.71. The van der Waals surface area contributed by atoms with Crippen LogP contribution < -0.4 is 11.5 Å². The van der Waals surface area contributed by atoms with Gasteiger partial charge < -0.3 is 45.4 Å². The number of phosphoric acid groups is 3. The monoisotopic (exact) mass is 629 g/mol. The second-order valence-corrected chi connectivity index (χ2v) is 13.7. The zero-order chi connectivity index (χ0) is 28.3. The Bertz CT molecular complexity index is 1030. The number of amides is 2. The van der Waals surface area contributed by atoms with Gasteiger partial charge in [-0.25, -0.2) is 13.7 Å². The van der Waals surface area contributed by atoms with Gasteiger partial charge in [0.2, 0.25) is 6.41 Å². The van der Waals surface area contributed by atoms with Crippen molar-refractivity contribution in [1.29, 1.82) is 0 Å². The molecule has 1 rings (SSSR count). The second-order valence-electron chi connectivity index (χ2n) is 6.74. The van der Waals surface area contributed by atoms with Crippen molar-refractivity contribution < 1.29 is 65.5 Å². The Kier molecular flexibility index (Phi) is 14.6. The molecule has 17 nitrogen and oxygen atoms in total. The van der Waals surface area contributed by atoms with Gasteiger partial charge in [0.25, 0.3) is 5.91 Å². The first-order valence-corrected chi connectivity index (χ1v) is 17.0. The van der Waals surface area contributed by atoms with Crippen molar-refractivity contribution in [2.75, 3.05) is 31.9 Å². The van der Waals surface area contributed by atoms with Crippen LogP contribution >= 0.6 is 45.1 Å². The molecule has 1 fully saturated rings. The maximum Gasteiger partial charge on any atom is 0.490 e. The zero-order valence-electron chi connectivity index (χ0n) is 19.1. The first kappa shape index (κ1) is 34.3. The molecule has 37 heavy (non-hydrogen) atoms. The third kappa shape index (κ3) is 14.3. The van der Waals surface area contributed by atoms with E-state index >= 15 is 0 Å². The fraction of sp³-hybridized carbons (Fsp3) is 0.600. The van der Waals surface area contributed by atoms with E-state index in [2.05, 4.69) is 25.0 Å². The second kappa shape index (κ2) is 15.7. The molecule has 1 aliphatic rings. The molecule has 0 saturated carbocycles. The quantitative estimate of drug-likeness (QED) is 0.0242. The molecule has 1 aliphatic heterocycles. The van der Waals surface area contributed by atoms with Crippen LogP contribution in [0.5, 0.6) is 0 Å². The van der Waals surface area contributed by atoms with E-state index in [1.807, 2.05) is 0 Å². The number of carbonyl (C=O) groups excluding carboxylic acids is 2. The molecule has 0 radical (unpaired) electrons. The molecule has 0 spiro atoms. The van der Waals surface area contributed by atoms with E-state index in [4.69, 9.17) is 30.7 Å². The Morgan fingerprint density at radius 2 is 1.89 bits per heavy atom. The normalized spacial score (nSPS) is 23.4. The van der Waals surface area contributed by atoms with Gasteiger partial charge in [-0.15, -0.1) is 0 Å². The molecule has 5 atom stereocenters. The van der Waals surface area contributed by atoms with Crippen LogP contribution in [-0.2, 0) is 45.9 Å². The van der Waals surface area contributed by atoms with Gasteiger partial charge in [0.1, 0.15) is 17.6 Å². The predicted molar refractivity (Wildman–Crippen MR) is 131 cm³/mol. The van der Waals surface area contributed by atoms with Crippen molar-refractivity contribution in [2.45, 2.75) is 24.7 Å². The van der Waals surface area contributed by atoms with Crippen LogP contribution in [0.2, 0.25) is 0 Å². The number of primary amides is 1. The highest BCUT2D eigenvalue weighted by Gasteiger charge is 2.43. The van der Waals surface area contributed by atoms with Gasteiger partial charge in [-0.2, -0.15) is 8.62 Å². The number of carbonyl (C=O) groups is 2. The van der Waals surface area contributed by atoms with E-state index in [1.54, 1.807) is 6.26 Å². The first-order valence-electron chi connectivity index (χ1n) is 9.74. The third-order valence-electron chi connectivity index (χ3n) is 3.98. The Labute approximate surface area is 219 Å². The number of hydrogen-bond acceptors (Lipinski definition) is 13. The summed E-state index contributed by atoms with van der Waals surface area (Å²) in [6, 6.07) is 0. The van der Waals surface area contributed by atoms with Gasteiger partial charge in [-0.05, 0) is 6.26 Å². The average Bonchev–Trinajstić information content (AvgIpc) is 3.13. The van der Waals surface area contributed by atoms with E-state index in [1.165, 1.54) is 21.6 Å². The highest BCUT2D eigenvalue weighted by molar-refractivity contribution is 8.76. The van der Waals surface area contributed by atoms with Gasteiger partial charge in [0.15, 0.2) is 0 Å². The minimum absolute atomic E-state index is 0.0538.